The third kappa shape index (κ3) is 2.59. The van der Waals surface area contributed by atoms with E-state index < -0.39 is 0 Å². The van der Waals surface area contributed by atoms with Gasteiger partial charge in [-0.3, -0.25) is 0 Å². The van der Waals surface area contributed by atoms with E-state index in [4.69, 9.17) is 0 Å². The van der Waals surface area contributed by atoms with Crippen LogP contribution in [0.5, 0.6) is 0 Å². The molecule has 3 nitrogen and oxygen atoms in total. The minimum atomic E-state index is 0.317. The Bertz CT molecular complexity index is 398. The van der Waals surface area contributed by atoms with Crippen molar-refractivity contribution in [2.75, 3.05) is 18.1 Å². The minimum absolute atomic E-state index is 0.317. The second kappa shape index (κ2) is 5.66. The van der Waals surface area contributed by atoms with Gasteiger partial charge >= 0.3 is 0 Å². The lowest BCUT2D eigenvalue weighted by Crippen LogP contribution is -2.25. The van der Waals surface area contributed by atoms with Crippen molar-refractivity contribution in [2.45, 2.75) is 38.6 Å². The Labute approximate surface area is 113 Å². The fourth-order valence-corrected chi connectivity index (χ4v) is 4.30. The zero-order valence-corrected chi connectivity index (χ0v) is 11.7. The van der Waals surface area contributed by atoms with Crippen LogP contribution in [0.1, 0.15) is 30.8 Å². The quantitative estimate of drug-likeness (QED) is 0.910. The fourth-order valence-electron chi connectivity index (χ4n) is 3.10. The first-order valence-electron chi connectivity index (χ1n) is 7.08. The molecule has 0 bridgehead atoms. The fraction of sp³-hybridized carbons (Fsp3) is 0.786. The van der Waals surface area contributed by atoms with Gasteiger partial charge in [0.05, 0.1) is 0 Å². The normalized spacial score (nSPS) is 25.1. The maximum atomic E-state index is 9.33. The van der Waals surface area contributed by atoms with E-state index >= 15 is 0 Å². The van der Waals surface area contributed by atoms with Crippen LogP contribution in [0, 0.1) is 11.8 Å². The van der Waals surface area contributed by atoms with Gasteiger partial charge in [0, 0.05) is 37.4 Å². The summed E-state index contributed by atoms with van der Waals surface area (Å²) in [6.45, 7) is 1.29. The molecule has 18 heavy (non-hydrogen) atoms. The molecular formula is C14H22N2OS. The van der Waals surface area contributed by atoms with Gasteiger partial charge in [-0.15, -0.1) is 0 Å². The molecule has 100 valence electrons. The first-order valence-corrected chi connectivity index (χ1v) is 8.24. The van der Waals surface area contributed by atoms with E-state index in [1.54, 1.807) is 0 Å². The van der Waals surface area contributed by atoms with Crippen molar-refractivity contribution < 1.29 is 5.11 Å². The number of hydrogen-bond donors (Lipinski definition) is 1. The molecule has 1 aromatic heterocycles. The first-order chi connectivity index (χ1) is 8.86. The van der Waals surface area contributed by atoms with Gasteiger partial charge in [-0.05, 0) is 43.1 Å². The highest BCUT2D eigenvalue weighted by molar-refractivity contribution is 7.99. The molecule has 3 rings (SSSR count). The predicted octanol–water partition coefficient (Wildman–Crippen LogP) is 2.12. The Balaban J connectivity index is 1.71. The first kappa shape index (κ1) is 12.5. The maximum absolute atomic E-state index is 9.33. The zero-order valence-electron chi connectivity index (χ0n) is 10.8. The van der Waals surface area contributed by atoms with E-state index in [1.807, 2.05) is 0 Å². The summed E-state index contributed by atoms with van der Waals surface area (Å²) in [7, 11) is 0. The molecule has 4 heteroatoms. The van der Waals surface area contributed by atoms with Crippen molar-refractivity contribution in [2.24, 2.45) is 11.8 Å². The van der Waals surface area contributed by atoms with Crippen molar-refractivity contribution in [3.63, 3.8) is 0 Å². The van der Waals surface area contributed by atoms with Gasteiger partial charge in [0.15, 0.2) is 0 Å². The Morgan fingerprint density at radius 2 is 2.11 bits per heavy atom. The summed E-state index contributed by atoms with van der Waals surface area (Å²) in [5.74, 6) is 5.16. The van der Waals surface area contributed by atoms with Crippen LogP contribution < -0.4 is 0 Å². The third-order valence-corrected chi connectivity index (χ3v) is 5.39. The summed E-state index contributed by atoms with van der Waals surface area (Å²) in [5, 5.41) is 9.33. The molecule has 2 aliphatic rings. The van der Waals surface area contributed by atoms with E-state index in [-0.39, 0.29) is 0 Å². The van der Waals surface area contributed by atoms with Crippen LogP contribution in [0.15, 0.2) is 6.20 Å². The molecule has 0 saturated carbocycles. The summed E-state index contributed by atoms with van der Waals surface area (Å²) in [6, 6.07) is 0. The topological polar surface area (TPSA) is 38.1 Å². The van der Waals surface area contributed by atoms with Crippen LogP contribution in [0.4, 0.5) is 0 Å². The van der Waals surface area contributed by atoms with Crippen LogP contribution in [-0.2, 0) is 19.4 Å². The number of fused-ring (bicyclic) bond motifs is 1. The van der Waals surface area contributed by atoms with Crippen LogP contribution in [0.3, 0.4) is 0 Å². The van der Waals surface area contributed by atoms with Gasteiger partial charge in [0.2, 0.25) is 0 Å². The second-order valence-electron chi connectivity index (χ2n) is 5.62. The average molecular weight is 266 g/mol. The number of nitrogens with zero attached hydrogens (tertiary/aromatic N) is 2. The van der Waals surface area contributed by atoms with Gasteiger partial charge in [-0.1, -0.05) is 0 Å². The molecule has 1 fully saturated rings. The third-order valence-electron chi connectivity index (χ3n) is 4.34. The predicted molar refractivity (Wildman–Crippen MR) is 74.9 cm³/mol. The lowest BCUT2D eigenvalue weighted by molar-refractivity contribution is 0.190. The Morgan fingerprint density at radius 1 is 1.28 bits per heavy atom. The summed E-state index contributed by atoms with van der Waals surface area (Å²) >= 11 is 2.08. The summed E-state index contributed by atoms with van der Waals surface area (Å²) in [4.78, 5) is 4.64. The molecule has 1 saturated heterocycles. The van der Waals surface area contributed by atoms with E-state index in [1.165, 1.54) is 35.9 Å². The number of imidazole rings is 1. The Kier molecular flexibility index (Phi) is 3.94. The second-order valence-corrected chi connectivity index (χ2v) is 6.85. The maximum Gasteiger partial charge on any atom is 0.109 e. The highest BCUT2D eigenvalue weighted by atomic mass is 32.2. The monoisotopic (exact) mass is 266 g/mol. The van der Waals surface area contributed by atoms with Crippen molar-refractivity contribution >= 4 is 11.8 Å². The number of aliphatic hydroxyl groups excluding tert-OH is 1. The van der Waals surface area contributed by atoms with Crippen molar-refractivity contribution in [1.29, 1.82) is 0 Å². The van der Waals surface area contributed by atoms with Crippen molar-refractivity contribution in [3.05, 3.63) is 17.7 Å². The average Bonchev–Trinajstić information content (AvgIpc) is 2.82. The lowest BCUT2D eigenvalue weighted by atomic mass is 9.96. The largest absolute Gasteiger partial charge is 0.396 e. The molecule has 0 amide bonds. The van der Waals surface area contributed by atoms with E-state index in [2.05, 4.69) is 27.5 Å². The van der Waals surface area contributed by atoms with Gasteiger partial charge in [0.25, 0.3) is 0 Å². The van der Waals surface area contributed by atoms with E-state index in [0.717, 1.165) is 31.7 Å². The number of rotatable bonds is 3. The van der Waals surface area contributed by atoms with Crippen LogP contribution in [-0.4, -0.2) is 32.8 Å². The number of aliphatic hydroxyl groups is 1. The van der Waals surface area contributed by atoms with Crippen molar-refractivity contribution in [1.82, 2.24) is 9.55 Å². The molecule has 0 aliphatic carbocycles. The van der Waals surface area contributed by atoms with Gasteiger partial charge in [-0.25, -0.2) is 4.98 Å². The van der Waals surface area contributed by atoms with Crippen molar-refractivity contribution in [3.8, 4) is 0 Å². The Hall–Kier alpha value is -0.480. The molecule has 1 N–H and O–H groups in total. The molecule has 0 spiro atoms. The number of aryl methyl sites for hydroxylation is 1. The van der Waals surface area contributed by atoms with E-state index in [9.17, 15) is 5.11 Å². The van der Waals surface area contributed by atoms with Crippen LogP contribution >= 0.6 is 11.8 Å². The number of hydrogen-bond acceptors (Lipinski definition) is 3. The smallest absolute Gasteiger partial charge is 0.109 e. The Morgan fingerprint density at radius 3 is 2.89 bits per heavy atom. The summed E-state index contributed by atoms with van der Waals surface area (Å²) in [6.07, 6.45) is 8.08. The highest BCUT2D eigenvalue weighted by Crippen LogP contribution is 2.28. The van der Waals surface area contributed by atoms with Gasteiger partial charge in [0.1, 0.15) is 5.82 Å². The minimum Gasteiger partial charge on any atom is -0.396 e. The molecule has 2 aliphatic heterocycles. The van der Waals surface area contributed by atoms with E-state index in [0.29, 0.717) is 12.5 Å². The number of aromatic nitrogens is 2. The summed E-state index contributed by atoms with van der Waals surface area (Å²) < 4.78 is 2.38. The summed E-state index contributed by atoms with van der Waals surface area (Å²) in [5.41, 5.74) is 1.37. The standard InChI is InChI=1S/C14H22N2OS/c17-10-12-1-2-13-8-15-14(16(13)9-12)7-11-3-5-18-6-4-11/h8,11-12,17H,1-7,9-10H2. The molecule has 3 heterocycles. The van der Waals surface area contributed by atoms with Crippen LogP contribution in [0.2, 0.25) is 0 Å². The van der Waals surface area contributed by atoms with Gasteiger partial charge in [-0.2, -0.15) is 11.8 Å². The zero-order chi connectivity index (χ0) is 12.4. The molecule has 1 aromatic rings. The number of thioether (sulfide) groups is 1. The highest BCUT2D eigenvalue weighted by Gasteiger charge is 2.23. The molecule has 1 atom stereocenters. The molecule has 0 radical (unpaired) electrons. The molecule has 0 aromatic carbocycles. The SMILES string of the molecule is OCC1CCc2cnc(CC3CCSCC3)n2C1. The molecular weight excluding hydrogens is 244 g/mol. The van der Waals surface area contributed by atoms with Gasteiger partial charge < -0.3 is 9.67 Å². The molecule has 1 unspecified atom stereocenters. The lowest BCUT2D eigenvalue weighted by Gasteiger charge is -2.26. The van der Waals surface area contributed by atoms with Crippen LogP contribution in [0.25, 0.3) is 0 Å².